The second kappa shape index (κ2) is 7.01. The molecule has 0 radical (unpaired) electrons. The van der Waals surface area contributed by atoms with Crippen LogP contribution in [-0.4, -0.2) is 12.5 Å². The third kappa shape index (κ3) is 3.89. The van der Waals surface area contributed by atoms with Crippen LogP contribution in [0, 0.1) is 12.3 Å². The van der Waals surface area contributed by atoms with Crippen molar-refractivity contribution in [1.29, 1.82) is 0 Å². The van der Waals surface area contributed by atoms with Crippen LogP contribution in [0.1, 0.15) is 15.9 Å². The van der Waals surface area contributed by atoms with Crippen molar-refractivity contribution in [1.82, 2.24) is 5.32 Å². The van der Waals surface area contributed by atoms with Crippen LogP contribution in [0.4, 0.5) is 5.69 Å². The number of amides is 1. The molecule has 0 unspecified atom stereocenters. The van der Waals surface area contributed by atoms with Gasteiger partial charge in [-0.1, -0.05) is 36.3 Å². The first-order valence-electron chi connectivity index (χ1n) is 6.39. The second-order valence-corrected chi connectivity index (χ2v) is 4.30. The van der Waals surface area contributed by atoms with Gasteiger partial charge in [0.05, 0.1) is 6.54 Å². The van der Waals surface area contributed by atoms with Gasteiger partial charge in [0.15, 0.2) is 0 Å². The molecule has 2 aromatic rings. The van der Waals surface area contributed by atoms with Gasteiger partial charge in [0.1, 0.15) is 0 Å². The Morgan fingerprint density at radius 1 is 1.05 bits per heavy atom. The van der Waals surface area contributed by atoms with E-state index >= 15 is 0 Å². The van der Waals surface area contributed by atoms with E-state index in [-0.39, 0.29) is 12.5 Å². The minimum Gasteiger partial charge on any atom is -0.381 e. The van der Waals surface area contributed by atoms with Crippen molar-refractivity contribution < 1.29 is 4.79 Å². The summed E-state index contributed by atoms with van der Waals surface area (Å²) in [5.41, 5.74) is 2.79. The molecule has 0 saturated heterocycles. The molecule has 100 valence electrons. The normalized spacial score (nSPS) is 9.55. The van der Waals surface area contributed by atoms with E-state index in [4.69, 9.17) is 6.42 Å². The van der Waals surface area contributed by atoms with Crippen molar-refractivity contribution in [2.24, 2.45) is 0 Å². The Hall–Kier alpha value is -2.73. The summed E-state index contributed by atoms with van der Waals surface area (Å²) in [6.07, 6.45) is 5.10. The lowest BCUT2D eigenvalue weighted by molar-refractivity contribution is 0.0958. The van der Waals surface area contributed by atoms with Gasteiger partial charge in [0, 0.05) is 17.8 Å². The van der Waals surface area contributed by atoms with Crippen molar-refractivity contribution >= 4 is 11.6 Å². The van der Waals surface area contributed by atoms with Crippen LogP contribution in [0.15, 0.2) is 54.6 Å². The molecule has 2 N–H and O–H groups in total. The number of hydrogen-bond donors (Lipinski definition) is 2. The molecule has 0 aliphatic heterocycles. The predicted molar refractivity (Wildman–Crippen MR) is 81.4 cm³/mol. The van der Waals surface area contributed by atoms with Gasteiger partial charge in [-0.25, -0.2) is 0 Å². The fourth-order valence-electron chi connectivity index (χ4n) is 1.77. The average molecular weight is 264 g/mol. The maximum absolute atomic E-state index is 11.7. The fourth-order valence-corrected chi connectivity index (χ4v) is 1.77. The molecule has 0 aromatic heterocycles. The highest BCUT2D eigenvalue weighted by atomic mass is 16.1. The molecule has 0 aliphatic carbocycles. The Kier molecular flexibility index (Phi) is 4.80. The Morgan fingerprint density at radius 3 is 2.40 bits per heavy atom. The molecule has 3 nitrogen and oxygen atoms in total. The highest BCUT2D eigenvalue weighted by Crippen LogP contribution is 2.11. The SMILES string of the molecule is C#CCNC(=O)c1ccc(NCc2ccccc2)cc1. The predicted octanol–water partition coefficient (Wildman–Crippen LogP) is 2.66. The maximum Gasteiger partial charge on any atom is 0.252 e. The molecule has 0 atom stereocenters. The number of carbonyl (C=O) groups excluding carboxylic acids is 1. The smallest absolute Gasteiger partial charge is 0.252 e. The molecule has 20 heavy (non-hydrogen) atoms. The summed E-state index contributed by atoms with van der Waals surface area (Å²) < 4.78 is 0. The number of benzene rings is 2. The molecule has 2 rings (SSSR count). The Labute approximate surface area is 119 Å². The lowest BCUT2D eigenvalue weighted by atomic mass is 10.2. The van der Waals surface area contributed by atoms with E-state index in [0.29, 0.717) is 5.56 Å². The van der Waals surface area contributed by atoms with Gasteiger partial charge in [0.2, 0.25) is 0 Å². The van der Waals surface area contributed by atoms with Crippen LogP contribution in [0.3, 0.4) is 0 Å². The number of carbonyl (C=O) groups is 1. The third-order valence-electron chi connectivity index (χ3n) is 2.84. The molecule has 0 fully saturated rings. The number of rotatable bonds is 5. The van der Waals surface area contributed by atoms with Gasteiger partial charge >= 0.3 is 0 Å². The number of nitrogens with one attached hydrogen (secondary N) is 2. The molecular formula is C17H16N2O. The highest BCUT2D eigenvalue weighted by Gasteiger charge is 2.03. The molecular weight excluding hydrogens is 248 g/mol. The van der Waals surface area contributed by atoms with E-state index in [1.165, 1.54) is 5.56 Å². The lowest BCUT2D eigenvalue weighted by Gasteiger charge is -2.07. The summed E-state index contributed by atoms with van der Waals surface area (Å²) in [5.74, 6) is 2.22. The second-order valence-electron chi connectivity index (χ2n) is 4.30. The van der Waals surface area contributed by atoms with Gasteiger partial charge < -0.3 is 10.6 Å². The summed E-state index contributed by atoms with van der Waals surface area (Å²) >= 11 is 0. The zero-order valence-corrected chi connectivity index (χ0v) is 11.1. The van der Waals surface area contributed by atoms with Gasteiger partial charge in [-0.2, -0.15) is 0 Å². The van der Waals surface area contributed by atoms with Gasteiger partial charge in [-0.3, -0.25) is 4.79 Å². The first kappa shape index (κ1) is 13.7. The van der Waals surface area contributed by atoms with Gasteiger partial charge in [-0.15, -0.1) is 6.42 Å². The van der Waals surface area contributed by atoms with Crippen LogP contribution in [0.25, 0.3) is 0 Å². The van der Waals surface area contributed by atoms with E-state index in [9.17, 15) is 4.79 Å². The first-order valence-corrected chi connectivity index (χ1v) is 6.39. The number of terminal acetylenes is 1. The van der Waals surface area contributed by atoms with Crippen molar-refractivity contribution in [3.8, 4) is 12.3 Å². The third-order valence-corrected chi connectivity index (χ3v) is 2.84. The fraction of sp³-hybridized carbons (Fsp3) is 0.118. The zero-order chi connectivity index (χ0) is 14.2. The van der Waals surface area contributed by atoms with Crippen LogP contribution in [0.5, 0.6) is 0 Å². The standard InChI is InChI=1S/C17H16N2O/c1-2-12-18-17(20)15-8-10-16(11-9-15)19-13-14-6-4-3-5-7-14/h1,3-11,19H,12-13H2,(H,18,20). The molecule has 0 saturated carbocycles. The summed E-state index contributed by atoms with van der Waals surface area (Å²) in [6.45, 7) is 0.996. The molecule has 0 bridgehead atoms. The molecule has 2 aromatic carbocycles. The molecule has 0 spiro atoms. The quantitative estimate of drug-likeness (QED) is 0.815. The van der Waals surface area contributed by atoms with E-state index in [1.54, 1.807) is 12.1 Å². The Bertz CT molecular complexity index is 597. The maximum atomic E-state index is 11.7. The molecule has 0 heterocycles. The van der Waals surface area contributed by atoms with E-state index in [2.05, 4.69) is 28.7 Å². The molecule has 3 heteroatoms. The van der Waals surface area contributed by atoms with Crippen LogP contribution in [-0.2, 0) is 6.54 Å². The van der Waals surface area contributed by atoms with E-state index in [1.807, 2.05) is 30.3 Å². The van der Waals surface area contributed by atoms with Gasteiger partial charge in [-0.05, 0) is 29.8 Å². The summed E-state index contributed by atoms with van der Waals surface area (Å²) in [6, 6.07) is 17.5. The minimum absolute atomic E-state index is 0.155. The largest absolute Gasteiger partial charge is 0.381 e. The minimum atomic E-state index is -0.155. The van der Waals surface area contributed by atoms with Crippen LogP contribution < -0.4 is 10.6 Å². The average Bonchev–Trinajstić information content (AvgIpc) is 2.52. The zero-order valence-electron chi connectivity index (χ0n) is 11.1. The highest BCUT2D eigenvalue weighted by molar-refractivity contribution is 5.94. The van der Waals surface area contributed by atoms with Crippen molar-refractivity contribution in [2.75, 3.05) is 11.9 Å². The number of anilines is 1. The Morgan fingerprint density at radius 2 is 1.75 bits per heavy atom. The lowest BCUT2D eigenvalue weighted by Crippen LogP contribution is -2.23. The van der Waals surface area contributed by atoms with Crippen molar-refractivity contribution in [3.05, 3.63) is 65.7 Å². The summed E-state index contributed by atoms with van der Waals surface area (Å²) in [4.78, 5) is 11.7. The summed E-state index contributed by atoms with van der Waals surface area (Å²) in [5, 5.41) is 5.94. The van der Waals surface area contributed by atoms with E-state index < -0.39 is 0 Å². The molecule has 1 amide bonds. The van der Waals surface area contributed by atoms with Crippen LogP contribution >= 0.6 is 0 Å². The van der Waals surface area contributed by atoms with Gasteiger partial charge in [0.25, 0.3) is 5.91 Å². The van der Waals surface area contributed by atoms with Crippen molar-refractivity contribution in [2.45, 2.75) is 6.54 Å². The summed E-state index contributed by atoms with van der Waals surface area (Å²) in [7, 11) is 0. The van der Waals surface area contributed by atoms with Crippen LogP contribution in [0.2, 0.25) is 0 Å². The van der Waals surface area contributed by atoms with Crippen molar-refractivity contribution in [3.63, 3.8) is 0 Å². The first-order chi connectivity index (χ1) is 9.79. The number of hydrogen-bond acceptors (Lipinski definition) is 2. The monoisotopic (exact) mass is 264 g/mol. The topological polar surface area (TPSA) is 41.1 Å². The Balaban J connectivity index is 1.92. The molecule has 0 aliphatic rings. The van der Waals surface area contributed by atoms with E-state index in [0.717, 1.165) is 12.2 Å².